The Morgan fingerprint density at radius 1 is 1.33 bits per heavy atom. The van der Waals surface area contributed by atoms with Crippen molar-refractivity contribution in [3.8, 4) is 5.75 Å². The van der Waals surface area contributed by atoms with E-state index in [2.05, 4.69) is 11.9 Å². The Morgan fingerprint density at radius 2 is 2.08 bits per heavy atom. The van der Waals surface area contributed by atoms with Crippen LogP contribution in [-0.4, -0.2) is 27.4 Å². The van der Waals surface area contributed by atoms with Gasteiger partial charge in [0.25, 0.3) is 5.56 Å². The highest BCUT2D eigenvalue weighted by atomic mass is 32.1. The molecule has 1 aromatic carbocycles. The first-order chi connectivity index (χ1) is 11.6. The van der Waals surface area contributed by atoms with Gasteiger partial charge in [-0.25, -0.2) is 4.98 Å². The normalized spacial score (nSPS) is 12.5. The third-order valence-corrected chi connectivity index (χ3v) is 4.98. The van der Waals surface area contributed by atoms with Gasteiger partial charge in [0.05, 0.1) is 18.3 Å². The Morgan fingerprint density at radius 3 is 2.79 bits per heavy atom. The summed E-state index contributed by atoms with van der Waals surface area (Å²) in [6.07, 6.45) is 1.59. The van der Waals surface area contributed by atoms with E-state index in [1.807, 2.05) is 37.3 Å². The van der Waals surface area contributed by atoms with E-state index in [0.717, 1.165) is 21.7 Å². The number of thiophene rings is 1. The summed E-state index contributed by atoms with van der Waals surface area (Å²) in [6, 6.07) is 9.51. The van der Waals surface area contributed by atoms with Crippen LogP contribution in [0.15, 0.2) is 41.5 Å². The molecular weight excluding hydrogens is 324 g/mol. The molecule has 2 aromatic heterocycles. The first-order valence-corrected chi connectivity index (χ1v) is 8.74. The van der Waals surface area contributed by atoms with E-state index in [1.165, 1.54) is 22.2 Å². The molecule has 0 aliphatic carbocycles. The molecule has 0 bridgehead atoms. The van der Waals surface area contributed by atoms with Crippen molar-refractivity contribution < 1.29 is 9.84 Å². The number of ether oxygens (including phenoxy) is 1. The largest absolute Gasteiger partial charge is 0.491 e. The van der Waals surface area contributed by atoms with Crippen LogP contribution in [0.1, 0.15) is 17.4 Å². The molecule has 5 nitrogen and oxygen atoms in total. The molecule has 0 fully saturated rings. The third kappa shape index (κ3) is 3.66. The molecule has 126 valence electrons. The van der Waals surface area contributed by atoms with Crippen molar-refractivity contribution in [1.29, 1.82) is 0 Å². The average molecular weight is 344 g/mol. The van der Waals surface area contributed by atoms with E-state index in [-0.39, 0.29) is 18.7 Å². The summed E-state index contributed by atoms with van der Waals surface area (Å²) in [7, 11) is 0. The molecule has 0 aliphatic rings. The average Bonchev–Trinajstić information content (AvgIpc) is 3.01. The molecule has 1 N–H and O–H groups in total. The first kappa shape index (κ1) is 16.7. The van der Waals surface area contributed by atoms with Gasteiger partial charge in [-0.1, -0.05) is 24.6 Å². The number of nitrogens with zero attached hydrogens (tertiary/aromatic N) is 2. The Balaban J connectivity index is 1.68. The van der Waals surface area contributed by atoms with Gasteiger partial charge in [-0.05, 0) is 31.5 Å². The maximum Gasteiger partial charge on any atom is 0.262 e. The van der Waals surface area contributed by atoms with Gasteiger partial charge in [-0.3, -0.25) is 9.36 Å². The van der Waals surface area contributed by atoms with Gasteiger partial charge in [0.15, 0.2) is 0 Å². The number of hydrogen-bond donors (Lipinski definition) is 1. The third-order valence-electron chi connectivity index (χ3n) is 3.79. The standard InChI is InChI=1S/C18H20N2O3S/c1-3-15-8-16-17(24-15)19-11-20(18(16)22)9-13(21)10-23-14-6-4-12(2)5-7-14/h4-8,11,13,21H,3,9-10H2,1-2H3. The fraction of sp³-hybridized carbons (Fsp3) is 0.333. The molecule has 1 unspecified atom stereocenters. The summed E-state index contributed by atoms with van der Waals surface area (Å²) in [6.45, 7) is 4.33. The highest BCUT2D eigenvalue weighted by molar-refractivity contribution is 7.18. The van der Waals surface area contributed by atoms with Crippen molar-refractivity contribution in [3.63, 3.8) is 0 Å². The number of aryl methyl sites for hydroxylation is 2. The van der Waals surface area contributed by atoms with E-state index in [9.17, 15) is 9.90 Å². The van der Waals surface area contributed by atoms with Gasteiger partial charge in [0.1, 0.15) is 23.3 Å². The molecule has 0 aliphatic heterocycles. The lowest BCUT2D eigenvalue weighted by Gasteiger charge is -2.13. The molecule has 0 radical (unpaired) electrons. The smallest absolute Gasteiger partial charge is 0.262 e. The lowest BCUT2D eigenvalue weighted by Crippen LogP contribution is -2.30. The van der Waals surface area contributed by atoms with Crippen LogP contribution in [0.3, 0.4) is 0 Å². The summed E-state index contributed by atoms with van der Waals surface area (Å²) in [5, 5.41) is 10.8. The number of aliphatic hydroxyl groups excluding tert-OH is 1. The molecular formula is C18H20N2O3S. The maximum absolute atomic E-state index is 12.5. The zero-order chi connectivity index (χ0) is 17.1. The minimum absolute atomic E-state index is 0.120. The van der Waals surface area contributed by atoms with Crippen LogP contribution in [0.25, 0.3) is 10.2 Å². The molecule has 24 heavy (non-hydrogen) atoms. The van der Waals surface area contributed by atoms with Gasteiger partial charge in [0.2, 0.25) is 0 Å². The minimum atomic E-state index is -0.785. The Bertz CT molecular complexity index is 883. The number of aromatic nitrogens is 2. The summed E-state index contributed by atoms with van der Waals surface area (Å²) < 4.78 is 7.00. The highest BCUT2D eigenvalue weighted by Gasteiger charge is 2.12. The Labute approximate surface area is 144 Å². The van der Waals surface area contributed by atoms with Gasteiger partial charge in [-0.2, -0.15) is 0 Å². The number of rotatable bonds is 6. The second-order valence-corrected chi connectivity index (χ2v) is 6.88. The Kier molecular flexibility index (Phi) is 4.97. The monoisotopic (exact) mass is 344 g/mol. The molecule has 0 amide bonds. The van der Waals surface area contributed by atoms with Crippen molar-refractivity contribution in [1.82, 2.24) is 9.55 Å². The van der Waals surface area contributed by atoms with E-state index in [1.54, 1.807) is 0 Å². The van der Waals surface area contributed by atoms with E-state index >= 15 is 0 Å². The summed E-state index contributed by atoms with van der Waals surface area (Å²) >= 11 is 1.54. The predicted molar refractivity (Wildman–Crippen MR) is 95.9 cm³/mol. The van der Waals surface area contributed by atoms with Crippen LogP contribution in [-0.2, 0) is 13.0 Å². The zero-order valence-electron chi connectivity index (χ0n) is 13.7. The Hall–Kier alpha value is -2.18. The van der Waals surface area contributed by atoms with Crippen molar-refractivity contribution in [3.05, 3.63) is 57.5 Å². The highest BCUT2D eigenvalue weighted by Crippen LogP contribution is 2.21. The van der Waals surface area contributed by atoms with Gasteiger partial charge in [-0.15, -0.1) is 11.3 Å². The molecule has 3 rings (SSSR count). The second kappa shape index (κ2) is 7.15. The van der Waals surface area contributed by atoms with Gasteiger partial charge < -0.3 is 9.84 Å². The van der Waals surface area contributed by atoms with Crippen LogP contribution in [0.5, 0.6) is 5.75 Å². The van der Waals surface area contributed by atoms with Gasteiger partial charge >= 0.3 is 0 Å². The molecule has 3 aromatic rings. The molecule has 6 heteroatoms. The van der Waals surface area contributed by atoms with Gasteiger partial charge in [0, 0.05) is 4.88 Å². The second-order valence-electron chi connectivity index (χ2n) is 5.77. The van der Waals surface area contributed by atoms with Crippen LogP contribution in [0, 0.1) is 6.92 Å². The lowest BCUT2D eigenvalue weighted by atomic mass is 10.2. The van der Waals surface area contributed by atoms with Crippen LogP contribution in [0.4, 0.5) is 0 Å². The number of fused-ring (bicyclic) bond motifs is 1. The first-order valence-electron chi connectivity index (χ1n) is 7.92. The van der Waals surface area contributed by atoms with Crippen molar-refractivity contribution >= 4 is 21.6 Å². The molecule has 2 heterocycles. The van der Waals surface area contributed by atoms with Crippen LogP contribution in [0.2, 0.25) is 0 Å². The number of hydrogen-bond acceptors (Lipinski definition) is 5. The maximum atomic E-state index is 12.5. The fourth-order valence-electron chi connectivity index (χ4n) is 2.42. The molecule has 0 spiro atoms. The summed E-state index contributed by atoms with van der Waals surface area (Å²) in [5.74, 6) is 0.700. The fourth-order valence-corrected chi connectivity index (χ4v) is 3.35. The lowest BCUT2D eigenvalue weighted by molar-refractivity contribution is 0.0915. The minimum Gasteiger partial charge on any atom is -0.491 e. The molecule has 0 saturated carbocycles. The van der Waals surface area contributed by atoms with Crippen molar-refractivity contribution in [2.24, 2.45) is 0 Å². The molecule has 0 saturated heterocycles. The van der Waals surface area contributed by atoms with E-state index < -0.39 is 6.10 Å². The summed E-state index contributed by atoms with van der Waals surface area (Å²) in [5.41, 5.74) is 1.03. The molecule has 1 atom stereocenters. The number of aliphatic hydroxyl groups is 1. The van der Waals surface area contributed by atoms with E-state index in [0.29, 0.717) is 11.1 Å². The SMILES string of the molecule is CCc1cc2c(=O)n(CC(O)COc3ccc(C)cc3)cnc2s1. The van der Waals surface area contributed by atoms with Crippen LogP contribution < -0.4 is 10.3 Å². The van der Waals surface area contributed by atoms with Crippen molar-refractivity contribution in [2.45, 2.75) is 32.9 Å². The predicted octanol–water partition coefficient (Wildman–Crippen LogP) is 2.77. The van der Waals surface area contributed by atoms with Crippen LogP contribution >= 0.6 is 11.3 Å². The summed E-state index contributed by atoms with van der Waals surface area (Å²) in [4.78, 5) is 18.7. The zero-order valence-corrected chi connectivity index (χ0v) is 14.5. The van der Waals surface area contributed by atoms with Crippen molar-refractivity contribution in [2.75, 3.05) is 6.61 Å². The number of benzene rings is 1. The quantitative estimate of drug-likeness (QED) is 0.747. The topological polar surface area (TPSA) is 64.4 Å². The van der Waals surface area contributed by atoms with E-state index in [4.69, 9.17) is 4.74 Å².